The third-order valence-corrected chi connectivity index (χ3v) is 6.68. The minimum atomic E-state index is -0.271. The van der Waals surface area contributed by atoms with E-state index in [1.807, 2.05) is 60.7 Å². The van der Waals surface area contributed by atoms with Crippen LogP contribution in [0.3, 0.4) is 0 Å². The first-order valence-corrected chi connectivity index (χ1v) is 13.0. The Bertz CT molecular complexity index is 1170. The first-order chi connectivity index (χ1) is 18.3. The molecule has 4 aromatic rings. The Hall–Kier alpha value is -3.28. The summed E-state index contributed by atoms with van der Waals surface area (Å²) in [5.41, 5.74) is 4.55. The molecule has 4 nitrogen and oxygen atoms in total. The van der Waals surface area contributed by atoms with Gasteiger partial charge in [-0.25, -0.2) is 0 Å². The van der Waals surface area contributed by atoms with Crippen LogP contribution in [0.2, 0.25) is 0 Å². The van der Waals surface area contributed by atoms with Gasteiger partial charge >= 0.3 is 0 Å². The molecule has 0 aliphatic carbocycles. The fourth-order valence-electron chi connectivity index (χ4n) is 4.73. The Morgan fingerprint density at radius 2 is 1.05 bits per heavy atom. The molecule has 4 heteroatoms. The van der Waals surface area contributed by atoms with E-state index in [1.54, 1.807) is 0 Å². The lowest BCUT2D eigenvalue weighted by Crippen LogP contribution is -2.50. The molecule has 0 radical (unpaired) electrons. The first-order valence-electron chi connectivity index (χ1n) is 13.0. The van der Waals surface area contributed by atoms with E-state index in [9.17, 15) is 0 Å². The van der Waals surface area contributed by atoms with E-state index >= 15 is 0 Å². The van der Waals surface area contributed by atoms with Crippen molar-refractivity contribution in [3.63, 3.8) is 0 Å². The molecule has 0 spiro atoms. The third-order valence-electron chi connectivity index (χ3n) is 6.68. The lowest BCUT2D eigenvalue weighted by atomic mass is 9.93. The third kappa shape index (κ3) is 7.37. The van der Waals surface area contributed by atoms with Gasteiger partial charge in [-0.2, -0.15) is 0 Å². The zero-order chi connectivity index (χ0) is 25.1. The molecule has 0 saturated carbocycles. The van der Waals surface area contributed by atoms with E-state index in [4.69, 9.17) is 18.9 Å². The average molecular weight is 495 g/mol. The summed E-state index contributed by atoms with van der Waals surface area (Å²) in [6.07, 6.45) is -0.0604. The normalized spacial score (nSPS) is 21.5. The summed E-state index contributed by atoms with van der Waals surface area (Å²) in [4.78, 5) is 0. The smallest absolute Gasteiger partial charge is 0.113 e. The Kier molecular flexibility index (Phi) is 9.13. The van der Waals surface area contributed by atoms with Crippen molar-refractivity contribution in [1.29, 1.82) is 0 Å². The zero-order valence-electron chi connectivity index (χ0n) is 21.0. The van der Waals surface area contributed by atoms with E-state index < -0.39 is 0 Å². The SMILES string of the molecule is c1ccc(COC[C@H]2O[C@@H](c3ccccc3)C[C@@H](OCc3ccccc3)[C@@H]2OCc2ccccc2)cc1. The first kappa shape index (κ1) is 25.4. The van der Waals surface area contributed by atoms with Crippen LogP contribution in [0.4, 0.5) is 0 Å². The predicted octanol–water partition coefficient (Wildman–Crippen LogP) is 6.90. The monoisotopic (exact) mass is 494 g/mol. The Morgan fingerprint density at radius 1 is 0.568 bits per heavy atom. The van der Waals surface area contributed by atoms with Crippen molar-refractivity contribution >= 4 is 0 Å². The maximum absolute atomic E-state index is 6.66. The molecule has 190 valence electrons. The molecule has 1 saturated heterocycles. The fraction of sp³-hybridized carbons (Fsp3) is 0.273. The van der Waals surface area contributed by atoms with Crippen LogP contribution >= 0.6 is 0 Å². The highest BCUT2D eigenvalue weighted by molar-refractivity contribution is 5.20. The van der Waals surface area contributed by atoms with Crippen LogP contribution in [0.25, 0.3) is 0 Å². The molecule has 1 aliphatic rings. The van der Waals surface area contributed by atoms with E-state index in [1.165, 1.54) is 0 Å². The van der Waals surface area contributed by atoms with Gasteiger partial charge in [0.2, 0.25) is 0 Å². The van der Waals surface area contributed by atoms with Gasteiger partial charge in [-0.15, -0.1) is 0 Å². The Balaban J connectivity index is 1.35. The fourth-order valence-corrected chi connectivity index (χ4v) is 4.73. The van der Waals surface area contributed by atoms with Crippen LogP contribution in [0.1, 0.15) is 34.8 Å². The van der Waals surface area contributed by atoms with E-state index in [2.05, 4.69) is 60.7 Å². The molecule has 5 rings (SSSR count). The van der Waals surface area contributed by atoms with E-state index in [0.29, 0.717) is 32.8 Å². The maximum Gasteiger partial charge on any atom is 0.113 e. The van der Waals surface area contributed by atoms with Crippen molar-refractivity contribution < 1.29 is 18.9 Å². The molecule has 0 unspecified atom stereocenters. The van der Waals surface area contributed by atoms with Crippen LogP contribution in [0, 0.1) is 0 Å². The molecule has 0 bridgehead atoms. The predicted molar refractivity (Wildman–Crippen MR) is 145 cm³/mol. The van der Waals surface area contributed by atoms with Crippen molar-refractivity contribution in [2.24, 2.45) is 0 Å². The summed E-state index contributed by atoms with van der Waals surface area (Å²) in [6.45, 7) is 1.96. The van der Waals surface area contributed by atoms with Gasteiger partial charge in [0.05, 0.1) is 38.6 Å². The molecule has 1 heterocycles. The van der Waals surface area contributed by atoms with E-state index in [0.717, 1.165) is 22.3 Å². The van der Waals surface area contributed by atoms with Crippen LogP contribution in [0.15, 0.2) is 121 Å². The molecule has 4 atom stereocenters. The van der Waals surface area contributed by atoms with Gasteiger partial charge in [-0.3, -0.25) is 0 Å². The molecular formula is C33H34O4. The summed E-state index contributed by atoms with van der Waals surface area (Å²) in [5.74, 6) is 0. The van der Waals surface area contributed by atoms with Gasteiger partial charge in [-0.1, -0.05) is 121 Å². The van der Waals surface area contributed by atoms with Crippen molar-refractivity contribution in [2.45, 2.75) is 50.7 Å². The number of hydrogen-bond acceptors (Lipinski definition) is 4. The number of rotatable bonds is 11. The number of benzene rings is 4. The topological polar surface area (TPSA) is 36.9 Å². The van der Waals surface area contributed by atoms with Crippen LogP contribution in [0.5, 0.6) is 0 Å². The zero-order valence-corrected chi connectivity index (χ0v) is 21.0. The lowest BCUT2D eigenvalue weighted by Gasteiger charge is -2.41. The molecule has 1 fully saturated rings. The molecule has 0 N–H and O–H groups in total. The summed E-state index contributed by atoms with van der Waals surface area (Å²) in [7, 11) is 0. The highest BCUT2D eigenvalue weighted by Gasteiger charge is 2.41. The molecule has 4 aromatic carbocycles. The highest BCUT2D eigenvalue weighted by atomic mass is 16.6. The summed E-state index contributed by atoms with van der Waals surface area (Å²) < 4.78 is 25.9. The van der Waals surface area contributed by atoms with Crippen LogP contribution < -0.4 is 0 Å². The van der Waals surface area contributed by atoms with Crippen LogP contribution in [-0.4, -0.2) is 24.9 Å². The Morgan fingerprint density at radius 3 is 1.62 bits per heavy atom. The van der Waals surface area contributed by atoms with Crippen LogP contribution in [-0.2, 0) is 38.8 Å². The largest absolute Gasteiger partial charge is 0.374 e. The van der Waals surface area contributed by atoms with Gasteiger partial charge in [-0.05, 0) is 22.3 Å². The van der Waals surface area contributed by atoms with Crippen molar-refractivity contribution in [3.05, 3.63) is 144 Å². The van der Waals surface area contributed by atoms with Crippen molar-refractivity contribution in [3.8, 4) is 0 Å². The maximum atomic E-state index is 6.66. The standard InChI is InChI=1S/C33H34O4/c1-5-13-26(14-6-1)22-34-25-32-33(36-24-28-17-9-3-10-18-28)31(35-23-27-15-7-2-8-16-27)21-30(37-32)29-19-11-4-12-20-29/h1-20,30-33H,21-25H2/t30-,31-,32-,33+/m1/s1. The Labute approximate surface area is 219 Å². The minimum absolute atomic E-state index is 0.0936. The average Bonchev–Trinajstić information content (AvgIpc) is 2.97. The molecule has 37 heavy (non-hydrogen) atoms. The molecule has 0 aromatic heterocycles. The van der Waals surface area contributed by atoms with Gasteiger partial charge < -0.3 is 18.9 Å². The summed E-state index contributed by atoms with van der Waals surface area (Å²) in [6, 6.07) is 41.1. The molecule has 1 aliphatic heterocycles. The minimum Gasteiger partial charge on any atom is -0.374 e. The number of hydrogen-bond donors (Lipinski definition) is 0. The number of ether oxygens (including phenoxy) is 4. The van der Waals surface area contributed by atoms with Gasteiger partial charge in [0, 0.05) is 6.42 Å². The lowest BCUT2D eigenvalue weighted by molar-refractivity contribution is -0.222. The van der Waals surface area contributed by atoms with Gasteiger partial charge in [0.15, 0.2) is 0 Å². The second-order valence-electron chi connectivity index (χ2n) is 9.41. The summed E-state index contributed by atoms with van der Waals surface area (Å²) >= 11 is 0. The second kappa shape index (κ2) is 13.3. The second-order valence-corrected chi connectivity index (χ2v) is 9.41. The quantitative estimate of drug-likeness (QED) is 0.227. The molecular weight excluding hydrogens is 460 g/mol. The van der Waals surface area contributed by atoms with E-state index in [-0.39, 0.29) is 24.4 Å². The van der Waals surface area contributed by atoms with Crippen molar-refractivity contribution in [2.75, 3.05) is 6.61 Å². The van der Waals surface area contributed by atoms with Gasteiger partial charge in [0.1, 0.15) is 12.2 Å². The van der Waals surface area contributed by atoms with Gasteiger partial charge in [0.25, 0.3) is 0 Å². The molecule has 0 amide bonds. The highest BCUT2D eigenvalue weighted by Crippen LogP contribution is 2.35. The van der Waals surface area contributed by atoms with Crippen molar-refractivity contribution in [1.82, 2.24) is 0 Å². The summed E-state index contributed by atoms with van der Waals surface area (Å²) in [5, 5.41) is 0.